The van der Waals surface area contributed by atoms with Crippen molar-refractivity contribution in [3.63, 3.8) is 0 Å². The molecular weight excluding hydrogens is 296 g/mol. The van der Waals surface area contributed by atoms with E-state index in [1.165, 1.54) is 7.11 Å². The van der Waals surface area contributed by atoms with Crippen molar-refractivity contribution in [3.8, 4) is 0 Å². The third-order valence-electron chi connectivity index (χ3n) is 4.82. The highest BCUT2D eigenvalue weighted by Gasteiger charge is 2.40. The van der Waals surface area contributed by atoms with E-state index >= 15 is 0 Å². The largest absolute Gasteiger partial charge is 0.469 e. The lowest BCUT2D eigenvalue weighted by Gasteiger charge is -2.40. The molecule has 0 aromatic heterocycles. The first-order valence-electron chi connectivity index (χ1n) is 7.85. The second kappa shape index (κ2) is 6.56. The van der Waals surface area contributed by atoms with Crippen LogP contribution in [0, 0.1) is 28.4 Å². The predicted octanol–water partition coefficient (Wildman–Crippen LogP) is 3.32. The van der Waals surface area contributed by atoms with E-state index in [2.05, 4.69) is 0 Å². The van der Waals surface area contributed by atoms with Gasteiger partial charge in [0.15, 0.2) is 0 Å². The summed E-state index contributed by atoms with van der Waals surface area (Å²) in [7, 11) is 1.40. The van der Waals surface area contributed by atoms with Crippen LogP contribution in [-0.2, 0) is 9.53 Å². The van der Waals surface area contributed by atoms with E-state index in [0.717, 1.165) is 24.9 Å². The predicted molar refractivity (Wildman–Crippen MR) is 88.6 cm³/mol. The molecule has 23 heavy (non-hydrogen) atoms. The van der Waals surface area contributed by atoms with Crippen molar-refractivity contribution in [1.29, 1.82) is 0 Å². The van der Waals surface area contributed by atoms with Gasteiger partial charge in [-0.1, -0.05) is 6.07 Å². The van der Waals surface area contributed by atoms with E-state index in [4.69, 9.17) is 4.74 Å². The molecule has 0 N–H and O–H groups in total. The minimum atomic E-state index is -0.604. The molecule has 1 aliphatic heterocycles. The van der Waals surface area contributed by atoms with Crippen LogP contribution in [0.2, 0.25) is 0 Å². The average Bonchev–Trinajstić information content (AvgIpc) is 2.53. The van der Waals surface area contributed by atoms with Crippen LogP contribution >= 0.6 is 0 Å². The van der Waals surface area contributed by atoms with E-state index in [0.29, 0.717) is 12.2 Å². The number of hydrogen-bond donors (Lipinski definition) is 0. The van der Waals surface area contributed by atoms with Crippen molar-refractivity contribution in [2.75, 3.05) is 25.1 Å². The number of nitro groups is 1. The number of piperidine rings is 1. The van der Waals surface area contributed by atoms with Gasteiger partial charge in [-0.3, -0.25) is 14.9 Å². The van der Waals surface area contributed by atoms with E-state index in [-0.39, 0.29) is 22.5 Å². The summed E-state index contributed by atoms with van der Waals surface area (Å²) in [6, 6.07) is 5.29. The Morgan fingerprint density at radius 2 is 2.13 bits per heavy atom. The van der Waals surface area contributed by atoms with Crippen molar-refractivity contribution < 1.29 is 14.5 Å². The highest BCUT2D eigenvalue weighted by Crippen LogP contribution is 2.38. The zero-order chi connectivity index (χ0) is 17.2. The molecule has 1 atom stereocenters. The molecule has 1 aliphatic rings. The molecule has 1 fully saturated rings. The van der Waals surface area contributed by atoms with Crippen LogP contribution in [0.15, 0.2) is 18.2 Å². The first-order valence-corrected chi connectivity index (χ1v) is 7.85. The smallest absolute Gasteiger partial charge is 0.311 e. The molecule has 1 aromatic carbocycles. The Bertz CT molecular complexity index is 613. The summed E-state index contributed by atoms with van der Waals surface area (Å²) in [5, 5.41) is 11.4. The van der Waals surface area contributed by atoms with Gasteiger partial charge < -0.3 is 9.64 Å². The second-order valence-corrected chi connectivity index (χ2v) is 6.75. The van der Waals surface area contributed by atoms with Crippen LogP contribution in [0.3, 0.4) is 0 Å². The van der Waals surface area contributed by atoms with E-state index in [1.807, 2.05) is 31.7 Å². The van der Waals surface area contributed by atoms with Crippen LogP contribution in [0.5, 0.6) is 0 Å². The van der Waals surface area contributed by atoms with Gasteiger partial charge in [-0.25, -0.2) is 0 Å². The normalized spacial score (nSPS) is 18.6. The van der Waals surface area contributed by atoms with E-state index in [9.17, 15) is 14.9 Å². The lowest BCUT2D eigenvalue weighted by Crippen LogP contribution is -2.45. The van der Waals surface area contributed by atoms with E-state index in [1.54, 1.807) is 12.1 Å². The molecule has 0 saturated carbocycles. The Labute approximate surface area is 136 Å². The second-order valence-electron chi connectivity index (χ2n) is 6.75. The first-order chi connectivity index (χ1) is 10.8. The molecule has 6 nitrogen and oxygen atoms in total. The van der Waals surface area contributed by atoms with Gasteiger partial charge in [0.25, 0.3) is 5.69 Å². The number of ether oxygens (including phenoxy) is 1. The summed E-state index contributed by atoms with van der Waals surface area (Å²) in [5.74, 6) is -0.132. The van der Waals surface area contributed by atoms with Crippen molar-refractivity contribution in [3.05, 3.63) is 33.9 Å². The summed E-state index contributed by atoms with van der Waals surface area (Å²) >= 11 is 0. The Morgan fingerprint density at radius 3 is 2.74 bits per heavy atom. The summed E-state index contributed by atoms with van der Waals surface area (Å²) in [4.78, 5) is 25.1. The summed E-state index contributed by atoms with van der Waals surface area (Å²) in [6.45, 7) is 6.99. The molecule has 1 saturated heterocycles. The molecule has 6 heteroatoms. The molecule has 1 heterocycles. The molecule has 2 rings (SSSR count). The SMILES string of the molecule is COC(=O)C(C)(C)C1CCCN(c2ccc(C)cc2[N+](=O)[O-])C1. The number of nitrogens with zero attached hydrogens (tertiary/aromatic N) is 2. The Morgan fingerprint density at radius 1 is 1.43 bits per heavy atom. The number of methoxy groups -OCH3 is 1. The highest BCUT2D eigenvalue weighted by molar-refractivity contribution is 5.76. The van der Waals surface area contributed by atoms with Gasteiger partial charge in [0.05, 0.1) is 17.4 Å². The fraction of sp³-hybridized carbons (Fsp3) is 0.588. The number of anilines is 1. The molecule has 0 spiro atoms. The Balaban J connectivity index is 2.29. The van der Waals surface area contributed by atoms with Gasteiger partial charge in [-0.15, -0.1) is 0 Å². The first kappa shape index (κ1) is 17.2. The third-order valence-corrected chi connectivity index (χ3v) is 4.82. The summed E-state index contributed by atoms with van der Waals surface area (Å²) < 4.78 is 4.92. The molecule has 126 valence electrons. The topological polar surface area (TPSA) is 72.7 Å². The molecule has 1 unspecified atom stereocenters. The number of aryl methyl sites for hydroxylation is 1. The maximum atomic E-state index is 12.0. The van der Waals surface area contributed by atoms with Gasteiger partial charge in [-0.05, 0) is 51.2 Å². The van der Waals surface area contributed by atoms with Gasteiger partial charge >= 0.3 is 5.97 Å². The van der Waals surface area contributed by atoms with Crippen LogP contribution in [0.4, 0.5) is 11.4 Å². The Kier molecular flexibility index (Phi) is 4.92. The molecule has 0 radical (unpaired) electrons. The number of carbonyl (C=O) groups is 1. The molecule has 0 amide bonds. The van der Waals surface area contributed by atoms with Crippen molar-refractivity contribution in [2.24, 2.45) is 11.3 Å². The summed E-state index contributed by atoms with van der Waals surface area (Å²) in [6.07, 6.45) is 1.81. The number of nitro benzene ring substituents is 1. The van der Waals surface area contributed by atoms with Crippen LogP contribution in [0.1, 0.15) is 32.3 Å². The minimum absolute atomic E-state index is 0.101. The molecule has 0 aliphatic carbocycles. The van der Waals surface area contributed by atoms with E-state index < -0.39 is 5.41 Å². The number of hydrogen-bond acceptors (Lipinski definition) is 5. The molecule has 1 aromatic rings. The highest BCUT2D eigenvalue weighted by atomic mass is 16.6. The van der Waals surface area contributed by atoms with Crippen LogP contribution in [0.25, 0.3) is 0 Å². The molecule has 0 bridgehead atoms. The lowest BCUT2D eigenvalue weighted by molar-refractivity contribution is -0.384. The van der Waals surface area contributed by atoms with Crippen molar-refractivity contribution in [1.82, 2.24) is 0 Å². The standard InChI is InChI=1S/C17H24N2O4/c1-12-7-8-14(15(10-12)19(21)22)18-9-5-6-13(11-18)17(2,3)16(20)23-4/h7-8,10,13H,5-6,9,11H2,1-4H3. The lowest BCUT2D eigenvalue weighted by atomic mass is 9.74. The summed E-state index contributed by atoms with van der Waals surface area (Å²) in [5.41, 5.74) is 1.02. The number of carbonyl (C=O) groups excluding carboxylic acids is 1. The number of rotatable bonds is 4. The molecular formula is C17H24N2O4. The van der Waals surface area contributed by atoms with Crippen LogP contribution < -0.4 is 4.90 Å². The Hall–Kier alpha value is -2.11. The number of benzene rings is 1. The fourth-order valence-electron chi connectivity index (χ4n) is 3.26. The van der Waals surface area contributed by atoms with Gasteiger partial charge in [0.2, 0.25) is 0 Å². The average molecular weight is 320 g/mol. The van der Waals surface area contributed by atoms with Gasteiger partial charge in [0, 0.05) is 19.2 Å². The maximum absolute atomic E-state index is 12.0. The van der Waals surface area contributed by atoms with Crippen molar-refractivity contribution >= 4 is 17.3 Å². The van der Waals surface area contributed by atoms with Crippen LogP contribution in [-0.4, -0.2) is 31.1 Å². The monoisotopic (exact) mass is 320 g/mol. The minimum Gasteiger partial charge on any atom is -0.469 e. The third kappa shape index (κ3) is 3.46. The fourth-order valence-corrected chi connectivity index (χ4v) is 3.26. The quantitative estimate of drug-likeness (QED) is 0.483. The zero-order valence-electron chi connectivity index (χ0n) is 14.2. The van der Waals surface area contributed by atoms with Gasteiger partial charge in [0.1, 0.15) is 5.69 Å². The van der Waals surface area contributed by atoms with Gasteiger partial charge in [-0.2, -0.15) is 0 Å². The number of esters is 1. The maximum Gasteiger partial charge on any atom is 0.311 e. The zero-order valence-corrected chi connectivity index (χ0v) is 14.2. The van der Waals surface area contributed by atoms with Crippen molar-refractivity contribution in [2.45, 2.75) is 33.6 Å².